The average molecular weight is 480 g/mol. The highest BCUT2D eigenvalue weighted by atomic mass is 32.1. The summed E-state index contributed by atoms with van der Waals surface area (Å²) in [6, 6.07) is 9.85. The van der Waals surface area contributed by atoms with Crippen molar-refractivity contribution >= 4 is 52.2 Å². The zero-order chi connectivity index (χ0) is 24.8. The number of hydrogen-bond acceptors (Lipinski definition) is 5. The maximum absolute atomic E-state index is 15.3. The number of methoxy groups -OCH3 is 1. The van der Waals surface area contributed by atoms with Gasteiger partial charge in [0, 0.05) is 23.4 Å². The van der Waals surface area contributed by atoms with Crippen LogP contribution in [-0.4, -0.2) is 36.1 Å². The van der Waals surface area contributed by atoms with Gasteiger partial charge in [0.1, 0.15) is 17.1 Å². The first kappa shape index (κ1) is 23.6. The summed E-state index contributed by atoms with van der Waals surface area (Å²) in [6.07, 6.45) is 3.42. The van der Waals surface area contributed by atoms with E-state index in [0.717, 1.165) is 16.8 Å². The molecule has 176 valence electrons. The van der Waals surface area contributed by atoms with Crippen LogP contribution in [0.1, 0.15) is 38.8 Å². The zero-order valence-corrected chi connectivity index (χ0v) is 20.5. The van der Waals surface area contributed by atoms with Gasteiger partial charge in [0.15, 0.2) is 5.11 Å². The molecule has 0 atom stereocenters. The van der Waals surface area contributed by atoms with Gasteiger partial charge in [-0.3, -0.25) is 19.8 Å². The molecular weight excluding hydrogens is 453 g/mol. The van der Waals surface area contributed by atoms with Crippen LogP contribution in [0.25, 0.3) is 11.6 Å². The van der Waals surface area contributed by atoms with Gasteiger partial charge >= 0.3 is 0 Å². The average Bonchev–Trinajstić information content (AvgIpc) is 2.77. The molecule has 2 heterocycles. The van der Waals surface area contributed by atoms with Crippen LogP contribution in [0.2, 0.25) is 0 Å². The molecule has 0 saturated carbocycles. The highest BCUT2D eigenvalue weighted by Gasteiger charge is 2.35. The zero-order valence-electron chi connectivity index (χ0n) is 19.7. The molecule has 1 saturated heterocycles. The molecule has 0 aromatic heterocycles. The minimum Gasteiger partial charge on any atom is -0.497 e. The summed E-state index contributed by atoms with van der Waals surface area (Å²) in [5.74, 6) is -1.19. The van der Waals surface area contributed by atoms with Crippen LogP contribution in [0, 0.1) is 5.82 Å². The fraction of sp³-hybridized carbons (Fsp3) is 0.269. The van der Waals surface area contributed by atoms with E-state index in [1.54, 1.807) is 30.3 Å². The number of fused-ring (bicyclic) bond motifs is 1. The van der Waals surface area contributed by atoms with Crippen LogP contribution in [0.4, 0.5) is 15.8 Å². The standard InChI is InChI=1S/C26H26FN3O3S/c1-6-29-22-13-21(27)16(11-19(22)15(2)14-26(29,3)4)12-20-23(31)28-25(34)30(24(20)32)17-7-9-18(33-5)10-8-17/h7-14H,6H2,1-5H3,(H,28,31,34)/b20-12-. The molecule has 2 aliphatic heterocycles. The predicted octanol–water partition coefficient (Wildman–Crippen LogP) is 4.69. The maximum atomic E-state index is 15.3. The summed E-state index contributed by atoms with van der Waals surface area (Å²) >= 11 is 5.24. The Hall–Kier alpha value is -3.52. The Morgan fingerprint density at radius 3 is 2.47 bits per heavy atom. The van der Waals surface area contributed by atoms with E-state index in [2.05, 4.69) is 30.1 Å². The normalized spacial score (nSPS) is 18.6. The van der Waals surface area contributed by atoms with Crippen molar-refractivity contribution in [3.8, 4) is 5.75 Å². The molecule has 8 heteroatoms. The molecule has 34 heavy (non-hydrogen) atoms. The monoisotopic (exact) mass is 479 g/mol. The number of thiocarbonyl (C=S) groups is 1. The molecular formula is C26H26FN3O3S. The molecule has 1 fully saturated rings. The van der Waals surface area contributed by atoms with Crippen LogP contribution in [0.15, 0.2) is 48.0 Å². The van der Waals surface area contributed by atoms with Gasteiger partial charge in [0.2, 0.25) is 0 Å². The molecule has 2 aromatic rings. The number of likely N-dealkylation sites (N-methyl/N-ethyl adjacent to an activating group) is 1. The summed E-state index contributed by atoms with van der Waals surface area (Å²) in [5.41, 5.74) is 2.81. The van der Waals surface area contributed by atoms with Crippen molar-refractivity contribution in [2.24, 2.45) is 0 Å². The summed E-state index contributed by atoms with van der Waals surface area (Å²) in [7, 11) is 1.54. The quantitative estimate of drug-likeness (QED) is 0.392. The number of ether oxygens (including phenoxy) is 1. The van der Waals surface area contributed by atoms with Crippen molar-refractivity contribution < 1.29 is 18.7 Å². The van der Waals surface area contributed by atoms with Crippen molar-refractivity contribution in [1.29, 1.82) is 0 Å². The van der Waals surface area contributed by atoms with Crippen LogP contribution in [-0.2, 0) is 9.59 Å². The lowest BCUT2D eigenvalue weighted by molar-refractivity contribution is -0.122. The third kappa shape index (κ3) is 3.98. The van der Waals surface area contributed by atoms with Gasteiger partial charge in [-0.15, -0.1) is 0 Å². The molecule has 2 amide bonds. The minimum atomic E-state index is -0.666. The Balaban J connectivity index is 1.77. The number of carbonyl (C=O) groups excluding carboxylic acids is 2. The molecule has 2 aromatic carbocycles. The Morgan fingerprint density at radius 2 is 1.85 bits per heavy atom. The molecule has 4 rings (SSSR count). The lowest BCUT2D eigenvalue weighted by atomic mass is 9.87. The third-order valence-electron chi connectivity index (χ3n) is 6.14. The molecule has 0 spiro atoms. The molecule has 0 bridgehead atoms. The van der Waals surface area contributed by atoms with Gasteiger partial charge in [0.25, 0.3) is 11.8 Å². The van der Waals surface area contributed by atoms with Crippen LogP contribution < -0.4 is 19.9 Å². The van der Waals surface area contributed by atoms with Gasteiger partial charge in [-0.1, -0.05) is 6.08 Å². The molecule has 0 radical (unpaired) electrons. The van der Waals surface area contributed by atoms with Crippen LogP contribution in [0.5, 0.6) is 5.75 Å². The number of rotatable bonds is 4. The van der Waals surface area contributed by atoms with E-state index in [1.165, 1.54) is 24.2 Å². The number of nitrogens with zero attached hydrogens (tertiary/aromatic N) is 2. The van der Waals surface area contributed by atoms with Crippen molar-refractivity contribution in [1.82, 2.24) is 5.32 Å². The second-order valence-corrected chi connectivity index (χ2v) is 9.16. The van der Waals surface area contributed by atoms with Gasteiger partial charge in [0.05, 0.1) is 18.3 Å². The largest absolute Gasteiger partial charge is 0.497 e. The topological polar surface area (TPSA) is 61.9 Å². The van der Waals surface area contributed by atoms with Gasteiger partial charge < -0.3 is 9.64 Å². The van der Waals surface area contributed by atoms with Crippen molar-refractivity contribution in [3.63, 3.8) is 0 Å². The van der Waals surface area contributed by atoms with E-state index >= 15 is 4.39 Å². The van der Waals surface area contributed by atoms with Gasteiger partial charge in [-0.05, 0) is 88.0 Å². The summed E-state index contributed by atoms with van der Waals surface area (Å²) < 4.78 is 20.4. The Morgan fingerprint density at radius 1 is 1.18 bits per heavy atom. The fourth-order valence-electron chi connectivity index (χ4n) is 4.58. The third-order valence-corrected chi connectivity index (χ3v) is 6.43. The van der Waals surface area contributed by atoms with E-state index in [9.17, 15) is 9.59 Å². The van der Waals surface area contributed by atoms with E-state index in [4.69, 9.17) is 17.0 Å². The lowest BCUT2D eigenvalue weighted by Gasteiger charge is -2.43. The number of nitrogens with one attached hydrogen (secondary N) is 1. The Labute approximate surface area is 203 Å². The molecule has 2 aliphatic rings. The van der Waals surface area contributed by atoms with Crippen LogP contribution in [0.3, 0.4) is 0 Å². The second kappa shape index (κ2) is 8.68. The highest BCUT2D eigenvalue weighted by Crippen LogP contribution is 2.40. The number of amides is 2. The molecule has 1 N–H and O–H groups in total. The number of allylic oxidation sites excluding steroid dienone is 1. The van der Waals surface area contributed by atoms with Gasteiger partial charge in [-0.25, -0.2) is 4.39 Å². The maximum Gasteiger partial charge on any atom is 0.270 e. The van der Waals surface area contributed by atoms with Crippen molar-refractivity contribution in [2.75, 3.05) is 23.5 Å². The lowest BCUT2D eigenvalue weighted by Crippen LogP contribution is -2.54. The number of halogens is 1. The van der Waals surface area contributed by atoms with Crippen molar-refractivity contribution in [2.45, 2.75) is 33.2 Å². The summed E-state index contributed by atoms with van der Waals surface area (Å²) in [6.45, 7) is 8.87. The highest BCUT2D eigenvalue weighted by molar-refractivity contribution is 7.80. The van der Waals surface area contributed by atoms with Gasteiger partial charge in [-0.2, -0.15) is 0 Å². The SMILES string of the molecule is CCN1c2cc(F)c(/C=C3/C(=O)NC(=S)N(c4ccc(OC)cc4)C3=O)cc2C(C)=CC1(C)C. The van der Waals surface area contributed by atoms with E-state index in [1.807, 2.05) is 13.8 Å². The molecule has 0 unspecified atom stereocenters. The number of anilines is 2. The smallest absolute Gasteiger partial charge is 0.270 e. The van der Waals surface area contributed by atoms with E-state index in [0.29, 0.717) is 18.0 Å². The summed E-state index contributed by atoms with van der Waals surface area (Å²) in [4.78, 5) is 29.3. The number of carbonyl (C=O) groups is 2. The first-order valence-corrected chi connectivity index (χ1v) is 11.3. The minimum absolute atomic E-state index is 0.0390. The van der Waals surface area contributed by atoms with E-state index in [-0.39, 0.29) is 21.8 Å². The molecule has 0 aliphatic carbocycles. The van der Waals surface area contributed by atoms with Crippen molar-refractivity contribution in [3.05, 3.63) is 65.0 Å². The first-order chi connectivity index (χ1) is 16.1. The molecule has 6 nitrogen and oxygen atoms in total. The predicted molar refractivity (Wildman–Crippen MR) is 136 cm³/mol. The Bertz CT molecular complexity index is 1260. The Kier molecular flexibility index (Phi) is 6.03. The number of hydrogen-bond donors (Lipinski definition) is 1. The fourth-order valence-corrected chi connectivity index (χ4v) is 4.86. The second-order valence-electron chi connectivity index (χ2n) is 8.77. The van der Waals surface area contributed by atoms with E-state index < -0.39 is 17.6 Å². The summed E-state index contributed by atoms with van der Waals surface area (Å²) in [5, 5.41) is 2.49. The first-order valence-electron chi connectivity index (χ1n) is 10.9. The number of benzene rings is 2. The van der Waals surface area contributed by atoms with Crippen LogP contribution >= 0.6 is 12.2 Å².